The van der Waals surface area contributed by atoms with Crippen LogP contribution in [0.1, 0.15) is 32.4 Å². The van der Waals surface area contributed by atoms with Crippen LogP contribution in [0.5, 0.6) is 11.5 Å². The lowest BCUT2D eigenvalue weighted by molar-refractivity contribution is 0.140. The molecule has 1 N–H and O–H groups in total. The Morgan fingerprint density at radius 2 is 2.10 bits per heavy atom. The minimum Gasteiger partial charge on any atom is -0.492 e. The van der Waals surface area contributed by atoms with Crippen molar-refractivity contribution in [2.75, 3.05) is 19.0 Å². The summed E-state index contributed by atoms with van der Waals surface area (Å²) >= 11 is 0. The van der Waals surface area contributed by atoms with Crippen molar-refractivity contribution in [3.63, 3.8) is 0 Å². The van der Waals surface area contributed by atoms with Crippen molar-refractivity contribution in [3.8, 4) is 11.5 Å². The van der Waals surface area contributed by atoms with Gasteiger partial charge in [0.15, 0.2) is 9.84 Å². The minimum absolute atomic E-state index is 0.0307. The van der Waals surface area contributed by atoms with Crippen LogP contribution in [0.2, 0.25) is 0 Å². The Kier molecular flexibility index (Phi) is 3.97. The third-order valence-electron chi connectivity index (χ3n) is 3.29. The van der Waals surface area contributed by atoms with Crippen LogP contribution in [-0.2, 0) is 9.84 Å². The molecule has 1 aromatic rings. The zero-order chi connectivity index (χ0) is 15.0. The van der Waals surface area contributed by atoms with Crippen LogP contribution < -0.4 is 9.47 Å². The Hall–Kier alpha value is -1.27. The zero-order valence-electron chi connectivity index (χ0n) is 11.9. The number of hydrogen-bond donors (Lipinski definition) is 1. The molecule has 0 radical (unpaired) electrons. The molecule has 0 saturated carbocycles. The molecule has 1 aliphatic heterocycles. The van der Waals surface area contributed by atoms with E-state index in [9.17, 15) is 13.5 Å². The second kappa shape index (κ2) is 5.26. The summed E-state index contributed by atoms with van der Waals surface area (Å²) in [5, 5.41) is 9.60. The van der Waals surface area contributed by atoms with Gasteiger partial charge in [-0.3, -0.25) is 0 Å². The van der Waals surface area contributed by atoms with E-state index in [2.05, 4.69) is 0 Å². The zero-order valence-corrected chi connectivity index (χ0v) is 12.7. The smallest absolute Gasteiger partial charge is 0.158 e. The molecule has 1 unspecified atom stereocenters. The summed E-state index contributed by atoms with van der Waals surface area (Å²) in [6, 6.07) is 5.12. The monoisotopic (exact) mass is 300 g/mol. The number of sulfone groups is 1. The van der Waals surface area contributed by atoms with Gasteiger partial charge < -0.3 is 14.6 Å². The standard InChI is InChI=1S/C14H20O5S/c1-14(2,3)20(16,17)7-6-18-10-4-5-11-12(15)9-19-13(11)8-10/h4-5,8,12,15H,6-7,9H2,1-3H3. The summed E-state index contributed by atoms with van der Waals surface area (Å²) < 4.78 is 33.9. The highest BCUT2D eigenvalue weighted by Gasteiger charge is 2.28. The Bertz CT molecular complexity index is 586. The van der Waals surface area contributed by atoms with Crippen molar-refractivity contribution in [2.24, 2.45) is 0 Å². The van der Waals surface area contributed by atoms with Crippen molar-refractivity contribution in [1.82, 2.24) is 0 Å². The summed E-state index contributed by atoms with van der Waals surface area (Å²) in [6.45, 7) is 5.37. The van der Waals surface area contributed by atoms with Gasteiger partial charge in [0.25, 0.3) is 0 Å². The SMILES string of the molecule is CC(C)(C)S(=O)(=O)CCOc1ccc2c(c1)OCC2O. The van der Waals surface area contributed by atoms with Crippen molar-refractivity contribution in [3.05, 3.63) is 23.8 Å². The van der Waals surface area contributed by atoms with Gasteiger partial charge in [-0.2, -0.15) is 0 Å². The predicted octanol–water partition coefficient (Wildman–Crippen LogP) is 1.70. The van der Waals surface area contributed by atoms with Gasteiger partial charge >= 0.3 is 0 Å². The highest BCUT2D eigenvalue weighted by atomic mass is 32.2. The Morgan fingerprint density at radius 3 is 2.75 bits per heavy atom. The number of aliphatic hydroxyl groups excluding tert-OH is 1. The van der Waals surface area contributed by atoms with E-state index in [0.29, 0.717) is 11.5 Å². The number of benzene rings is 1. The molecule has 1 aromatic carbocycles. The highest BCUT2D eigenvalue weighted by Crippen LogP contribution is 2.35. The Morgan fingerprint density at radius 1 is 1.40 bits per heavy atom. The minimum atomic E-state index is -3.18. The first-order chi connectivity index (χ1) is 9.21. The second-order valence-corrected chi connectivity index (χ2v) is 8.67. The fraction of sp³-hybridized carbons (Fsp3) is 0.571. The number of fused-ring (bicyclic) bond motifs is 1. The van der Waals surface area contributed by atoms with Gasteiger partial charge in [0, 0.05) is 11.6 Å². The lowest BCUT2D eigenvalue weighted by atomic mass is 10.1. The summed E-state index contributed by atoms with van der Waals surface area (Å²) in [4.78, 5) is 0. The highest BCUT2D eigenvalue weighted by molar-refractivity contribution is 7.92. The van der Waals surface area contributed by atoms with Crippen LogP contribution in [0.3, 0.4) is 0 Å². The maximum absolute atomic E-state index is 11.9. The molecule has 1 heterocycles. The van der Waals surface area contributed by atoms with E-state index in [0.717, 1.165) is 5.56 Å². The average molecular weight is 300 g/mol. The fourth-order valence-electron chi connectivity index (χ4n) is 1.84. The Labute approximate surface area is 119 Å². The van der Waals surface area contributed by atoms with E-state index in [1.165, 1.54) is 0 Å². The first kappa shape index (κ1) is 15.1. The topological polar surface area (TPSA) is 72.8 Å². The molecule has 112 valence electrons. The van der Waals surface area contributed by atoms with E-state index < -0.39 is 20.7 Å². The normalized spacial score (nSPS) is 18.5. The Balaban J connectivity index is 1.96. The molecule has 0 amide bonds. The molecule has 0 saturated heterocycles. The number of ether oxygens (including phenoxy) is 2. The predicted molar refractivity (Wildman–Crippen MR) is 75.9 cm³/mol. The van der Waals surface area contributed by atoms with Gasteiger partial charge in [0.05, 0.1) is 10.5 Å². The first-order valence-corrected chi connectivity index (χ1v) is 8.16. The lowest BCUT2D eigenvalue weighted by Gasteiger charge is -2.19. The number of rotatable bonds is 4. The van der Waals surface area contributed by atoms with Gasteiger partial charge in [0.2, 0.25) is 0 Å². The van der Waals surface area contributed by atoms with E-state index in [1.807, 2.05) is 0 Å². The van der Waals surface area contributed by atoms with Gasteiger partial charge in [-0.25, -0.2) is 8.42 Å². The molecule has 1 aliphatic rings. The maximum Gasteiger partial charge on any atom is 0.158 e. The van der Waals surface area contributed by atoms with Gasteiger partial charge in [-0.1, -0.05) is 0 Å². The molecule has 0 bridgehead atoms. The largest absolute Gasteiger partial charge is 0.492 e. The van der Waals surface area contributed by atoms with Crippen LogP contribution in [0, 0.1) is 0 Å². The molecular weight excluding hydrogens is 280 g/mol. The summed E-state index contributed by atoms with van der Waals surface area (Å²) in [7, 11) is -3.18. The first-order valence-electron chi connectivity index (χ1n) is 6.50. The van der Waals surface area contributed by atoms with Crippen LogP contribution in [0.15, 0.2) is 18.2 Å². The van der Waals surface area contributed by atoms with Gasteiger partial charge in [-0.05, 0) is 32.9 Å². The van der Waals surface area contributed by atoms with Gasteiger partial charge in [0.1, 0.15) is 30.8 Å². The summed E-state index contributed by atoms with van der Waals surface area (Å²) in [6.07, 6.45) is -0.597. The molecule has 0 aromatic heterocycles. The average Bonchev–Trinajstić information content (AvgIpc) is 2.69. The van der Waals surface area contributed by atoms with E-state index in [4.69, 9.17) is 9.47 Å². The summed E-state index contributed by atoms with van der Waals surface area (Å²) in [5.41, 5.74) is 0.736. The van der Waals surface area contributed by atoms with Crippen LogP contribution >= 0.6 is 0 Å². The quantitative estimate of drug-likeness (QED) is 0.916. The third kappa shape index (κ3) is 3.07. The molecule has 0 spiro atoms. The van der Waals surface area contributed by atoms with E-state index >= 15 is 0 Å². The molecule has 0 fully saturated rings. The molecule has 1 atom stereocenters. The third-order valence-corrected chi connectivity index (χ3v) is 5.86. The van der Waals surface area contributed by atoms with E-state index in [-0.39, 0.29) is 19.0 Å². The van der Waals surface area contributed by atoms with Gasteiger partial charge in [-0.15, -0.1) is 0 Å². The number of aliphatic hydroxyl groups is 1. The molecule has 0 aliphatic carbocycles. The van der Waals surface area contributed by atoms with Crippen LogP contribution in [-0.4, -0.2) is 37.2 Å². The maximum atomic E-state index is 11.9. The molecule has 2 rings (SSSR count). The molecule has 6 heteroatoms. The molecule has 20 heavy (non-hydrogen) atoms. The van der Waals surface area contributed by atoms with Crippen molar-refractivity contribution < 1.29 is 23.0 Å². The van der Waals surface area contributed by atoms with Crippen molar-refractivity contribution in [2.45, 2.75) is 31.6 Å². The number of hydrogen-bond acceptors (Lipinski definition) is 5. The van der Waals surface area contributed by atoms with Crippen LogP contribution in [0.25, 0.3) is 0 Å². The summed E-state index contributed by atoms with van der Waals surface area (Å²) in [5.74, 6) is 1.10. The second-order valence-electron chi connectivity index (χ2n) is 5.81. The molecular formula is C14H20O5S. The lowest BCUT2D eigenvalue weighted by Crippen LogP contribution is -2.32. The van der Waals surface area contributed by atoms with Crippen molar-refractivity contribution >= 4 is 9.84 Å². The molecule has 5 nitrogen and oxygen atoms in total. The van der Waals surface area contributed by atoms with Crippen LogP contribution in [0.4, 0.5) is 0 Å². The van der Waals surface area contributed by atoms with E-state index in [1.54, 1.807) is 39.0 Å². The van der Waals surface area contributed by atoms with Crippen molar-refractivity contribution in [1.29, 1.82) is 0 Å². The fourth-order valence-corrected chi connectivity index (χ4v) is 2.75.